The van der Waals surface area contributed by atoms with E-state index in [1.54, 1.807) is 0 Å². The van der Waals surface area contributed by atoms with E-state index in [1.165, 1.54) is 39.2 Å². The predicted octanol–water partition coefficient (Wildman–Crippen LogP) is 2.76. The van der Waals surface area contributed by atoms with Crippen LogP contribution in [0.5, 0.6) is 0 Å². The maximum absolute atomic E-state index is 14.0. The summed E-state index contributed by atoms with van der Waals surface area (Å²) in [6, 6.07) is 5.07. The van der Waals surface area contributed by atoms with E-state index in [0.29, 0.717) is 13.1 Å². The average molecular weight is 484 g/mol. The fraction of sp³-hybridized carbons (Fsp3) is 0.429. The van der Waals surface area contributed by atoms with Crippen LogP contribution < -0.4 is 0 Å². The van der Waals surface area contributed by atoms with Gasteiger partial charge in [0.05, 0.1) is 5.56 Å². The molecule has 2 aliphatic rings. The Bertz CT molecular complexity index is 1150. The summed E-state index contributed by atoms with van der Waals surface area (Å²) in [5.74, 6) is -1.48. The first kappa shape index (κ1) is 22.8. The Labute approximate surface area is 190 Å². The summed E-state index contributed by atoms with van der Waals surface area (Å²) in [6.07, 6.45) is 1.62. The molecule has 32 heavy (non-hydrogen) atoms. The van der Waals surface area contributed by atoms with Gasteiger partial charge in [0.25, 0.3) is 11.8 Å². The van der Waals surface area contributed by atoms with Crippen molar-refractivity contribution in [2.75, 3.05) is 39.3 Å². The lowest BCUT2D eigenvalue weighted by Crippen LogP contribution is -2.50. The number of amides is 2. The largest absolute Gasteiger partial charge is 0.455 e. The van der Waals surface area contributed by atoms with Gasteiger partial charge >= 0.3 is 0 Å². The summed E-state index contributed by atoms with van der Waals surface area (Å²) < 4.78 is 46.6. The molecule has 8 nitrogen and oxygen atoms in total. The number of furan rings is 1. The zero-order valence-electron chi connectivity index (χ0n) is 17.5. The molecule has 2 aliphatic heterocycles. The summed E-state index contributed by atoms with van der Waals surface area (Å²) in [7, 11) is -3.70. The van der Waals surface area contributed by atoms with Crippen molar-refractivity contribution in [3.05, 3.63) is 52.2 Å². The molecule has 1 aromatic carbocycles. The van der Waals surface area contributed by atoms with Crippen LogP contribution in [0.2, 0.25) is 5.02 Å². The van der Waals surface area contributed by atoms with Crippen molar-refractivity contribution in [3.8, 4) is 0 Å². The van der Waals surface area contributed by atoms with Crippen molar-refractivity contribution >= 4 is 33.4 Å². The van der Waals surface area contributed by atoms with Gasteiger partial charge in [0.1, 0.15) is 16.5 Å². The number of aryl methyl sites for hydroxylation is 1. The minimum atomic E-state index is -3.70. The van der Waals surface area contributed by atoms with E-state index in [-0.39, 0.29) is 53.2 Å². The van der Waals surface area contributed by atoms with Crippen molar-refractivity contribution in [1.82, 2.24) is 14.1 Å². The molecule has 0 atom stereocenters. The van der Waals surface area contributed by atoms with Crippen LogP contribution in [0.4, 0.5) is 4.39 Å². The van der Waals surface area contributed by atoms with E-state index in [9.17, 15) is 22.4 Å². The van der Waals surface area contributed by atoms with Gasteiger partial charge in [-0.3, -0.25) is 9.59 Å². The summed E-state index contributed by atoms with van der Waals surface area (Å²) in [5, 5.41) is 0.261. The summed E-state index contributed by atoms with van der Waals surface area (Å²) >= 11 is 5.87. The molecule has 0 N–H and O–H groups in total. The van der Waals surface area contributed by atoms with Gasteiger partial charge in [-0.15, -0.1) is 0 Å². The minimum Gasteiger partial charge on any atom is -0.455 e. The number of piperazine rings is 1. The van der Waals surface area contributed by atoms with Gasteiger partial charge in [0.15, 0.2) is 5.76 Å². The van der Waals surface area contributed by atoms with Gasteiger partial charge in [-0.1, -0.05) is 11.6 Å². The Balaban J connectivity index is 1.44. The Morgan fingerprint density at radius 1 is 0.969 bits per heavy atom. The van der Waals surface area contributed by atoms with Gasteiger partial charge < -0.3 is 14.2 Å². The van der Waals surface area contributed by atoms with Crippen molar-refractivity contribution in [2.24, 2.45) is 0 Å². The summed E-state index contributed by atoms with van der Waals surface area (Å²) in [6.45, 7) is 3.26. The topological polar surface area (TPSA) is 91.1 Å². The lowest BCUT2D eigenvalue weighted by molar-refractivity contribution is 0.0515. The zero-order chi connectivity index (χ0) is 23.0. The first-order chi connectivity index (χ1) is 15.2. The van der Waals surface area contributed by atoms with Crippen LogP contribution in [-0.2, 0) is 10.0 Å². The number of halogens is 2. The smallest absolute Gasteiger partial charge is 0.289 e. The molecule has 3 heterocycles. The van der Waals surface area contributed by atoms with Crippen molar-refractivity contribution in [3.63, 3.8) is 0 Å². The first-order valence-corrected chi connectivity index (χ1v) is 12.1. The lowest BCUT2D eigenvalue weighted by Gasteiger charge is -2.34. The van der Waals surface area contributed by atoms with E-state index in [4.69, 9.17) is 16.0 Å². The Morgan fingerprint density at radius 2 is 1.56 bits per heavy atom. The molecule has 0 aliphatic carbocycles. The quantitative estimate of drug-likeness (QED) is 0.667. The predicted molar refractivity (Wildman–Crippen MR) is 115 cm³/mol. The van der Waals surface area contributed by atoms with Crippen LogP contribution in [0.15, 0.2) is 33.6 Å². The second-order valence-electron chi connectivity index (χ2n) is 7.85. The molecule has 0 spiro atoms. The standard InChI is InChI=1S/C21H23ClFN3O5S/c1-14-19(32(29,30)26-6-2-3-7-26)13-18(31-14)21(28)25-10-8-24(9-11-25)20(27)16-12-15(22)4-5-17(16)23/h4-5,12-13H,2-3,6-11H2,1H3. The molecule has 0 bridgehead atoms. The van der Waals surface area contributed by atoms with Gasteiger partial charge in [-0.05, 0) is 38.0 Å². The maximum Gasteiger partial charge on any atom is 0.289 e. The first-order valence-electron chi connectivity index (χ1n) is 10.3. The molecule has 2 aromatic rings. The average Bonchev–Trinajstić information content (AvgIpc) is 3.45. The fourth-order valence-corrected chi connectivity index (χ4v) is 5.84. The zero-order valence-corrected chi connectivity index (χ0v) is 19.1. The molecule has 2 saturated heterocycles. The lowest BCUT2D eigenvalue weighted by atomic mass is 10.1. The number of carbonyl (C=O) groups is 2. The van der Waals surface area contributed by atoms with E-state index < -0.39 is 27.7 Å². The highest BCUT2D eigenvalue weighted by Crippen LogP contribution is 2.27. The monoisotopic (exact) mass is 483 g/mol. The third kappa shape index (κ3) is 4.26. The van der Waals surface area contributed by atoms with Crippen molar-refractivity contribution < 1.29 is 26.8 Å². The van der Waals surface area contributed by atoms with E-state index in [1.807, 2.05) is 0 Å². The molecule has 0 radical (unpaired) electrons. The van der Waals surface area contributed by atoms with Crippen molar-refractivity contribution in [2.45, 2.75) is 24.7 Å². The van der Waals surface area contributed by atoms with E-state index in [0.717, 1.165) is 18.9 Å². The van der Waals surface area contributed by atoms with Gasteiger partial charge in [0.2, 0.25) is 10.0 Å². The van der Waals surface area contributed by atoms with Crippen molar-refractivity contribution in [1.29, 1.82) is 0 Å². The van der Waals surface area contributed by atoms with E-state index >= 15 is 0 Å². The second-order valence-corrected chi connectivity index (χ2v) is 10.2. The van der Waals surface area contributed by atoms with E-state index in [2.05, 4.69) is 0 Å². The molecular formula is C21H23ClFN3O5S. The van der Waals surface area contributed by atoms with Crippen LogP contribution in [0.25, 0.3) is 0 Å². The normalized spacial score (nSPS) is 17.7. The summed E-state index contributed by atoms with van der Waals surface area (Å²) in [4.78, 5) is 28.5. The fourth-order valence-electron chi connectivity index (χ4n) is 3.99. The van der Waals surface area contributed by atoms with Crippen LogP contribution in [0, 0.1) is 12.7 Å². The number of hydrogen-bond donors (Lipinski definition) is 0. The SMILES string of the molecule is Cc1oc(C(=O)N2CCN(C(=O)c3cc(Cl)ccc3F)CC2)cc1S(=O)(=O)N1CCCC1. The van der Waals surface area contributed by atoms with Crippen LogP contribution in [0.3, 0.4) is 0 Å². The molecule has 0 unspecified atom stereocenters. The number of nitrogens with zero attached hydrogens (tertiary/aromatic N) is 3. The maximum atomic E-state index is 14.0. The molecule has 4 rings (SSSR count). The highest BCUT2D eigenvalue weighted by molar-refractivity contribution is 7.89. The third-order valence-electron chi connectivity index (χ3n) is 5.78. The number of benzene rings is 1. The number of carbonyl (C=O) groups excluding carboxylic acids is 2. The number of sulfonamides is 1. The van der Waals surface area contributed by atoms with Gasteiger partial charge in [-0.25, -0.2) is 12.8 Å². The number of hydrogen-bond acceptors (Lipinski definition) is 5. The highest BCUT2D eigenvalue weighted by Gasteiger charge is 2.33. The molecule has 1 aromatic heterocycles. The molecular weight excluding hydrogens is 461 g/mol. The molecule has 172 valence electrons. The Morgan fingerprint density at radius 3 is 2.19 bits per heavy atom. The van der Waals surface area contributed by atoms with Crippen LogP contribution in [0.1, 0.15) is 39.5 Å². The summed E-state index contributed by atoms with van der Waals surface area (Å²) in [5.41, 5.74) is -0.115. The number of rotatable bonds is 4. The highest BCUT2D eigenvalue weighted by atomic mass is 35.5. The minimum absolute atomic E-state index is 0.00740. The Hall–Kier alpha value is -2.43. The Kier molecular flexibility index (Phi) is 6.28. The second kappa shape index (κ2) is 8.84. The van der Waals surface area contributed by atoms with Gasteiger partial charge in [0, 0.05) is 50.4 Å². The third-order valence-corrected chi connectivity index (χ3v) is 8.02. The molecule has 0 saturated carbocycles. The van der Waals surface area contributed by atoms with Crippen LogP contribution in [-0.4, -0.2) is 73.6 Å². The van der Waals surface area contributed by atoms with Crippen LogP contribution >= 0.6 is 11.6 Å². The molecule has 2 amide bonds. The molecule has 11 heteroatoms. The molecule has 2 fully saturated rings. The van der Waals surface area contributed by atoms with Gasteiger partial charge in [-0.2, -0.15) is 4.31 Å².